The Hall–Kier alpha value is -4.32. The van der Waals surface area contributed by atoms with Gasteiger partial charge < -0.3 is 18.3 Å². The van der Waals surface area contributed by atoms with Crippen LogP contribution in [0.25, 0.3) is 60.6 Å². The van der Waals surface area contributed by atoms with Crippen molar-refractivity contribution in [2.45, 2.75) is 38.9 Å². The minimum absolute atomic E-state index is 0.391. The van der Waals surface area contributed by atoms with Gasteiger partial charge in [-0.25, -0.2) is 0 Å². The van der Waals surface area contributed by atoms with E-state index in [1.807, 2.05) is 6.07 Å². The first-order chi connectivity index (χ1) is 19.8. The van der Waals surface area contributed by atoms with E-state index >= 15 is 0 Å². The molecular formula is C36H30BNO3. The highest BCUT2D eigenvalue weighted by atomic mass is 16.7. The molecule has 0 N–H and O–H groups in total. The Balaban J connectivity index is 1.33. The van der Waals surface area contributed by atoms with Crippen LogP contribution in [-0.4, -0.2) is 22.9 Å². The molecular weight excluding hydrogens is 505 g/mol. The van der Waals surface area contributed by atoms with Gasteiger partial charge in [-0.1, -0.05) is 78.9 Å². The van der Waals surface area contributed by atoms with E-state index in [4.69, 9.17) is 13.7 Å². The lowest BCUT2D eigenvalue weighted by Gasteiger charge is -2.32. The van der Waals surface area contributed by atoms with E-state index in [1.54, 1.807) is 0 Å². The quantitative estimate of drug-likeness (QED) is 0.213. The molecule has 0 radical (unpaired) electrons. The summed E-state index contributed by atoms with van der Waals surface area (Å²) in [5.41, 5.74) is 7.65. The van der Waals surface area contributed by atoms with Gasteiger partial charge >= 0.3 is 7.12 Å². The number of nitrogens with zero attached hydrogens (tertiary/aromatic N) is 1. The van der Waals surface area contributed by atoms with Crippen molar-refractivity contribution in [2.75, 3.05) is 0 Å². The monoisotopic (exact) mass is 535 g/mol. The maximum atomic E-state index is 6.59. The number of benzene rings is 5. The Bertz CT molecular complexity index is 2100. The number of hydrogen-bond acceptors (Lipinski definition) is 3. The van der Waals surface area contributed by atoms with E-state index in [0.717, 1.165) is 49.5 Å². The first-order valence-corrected chi connectivity index (χ1v) is 14.2. The lowest BCUT2D eigenvalue weighted by molar-refractivity contribution is 0.00578. The second-order valence-corrected chi connectivity index (χ2v) is 12.1. The number of fused-ring (bicyclic) bond motifs is 6. The van der Waals surface area contributed by atoms with Crippen LogP contribution in [0.2, 0.25) is 0 Å². The van der Waals surface area contributed by atoms with Gasteiger partial charge in [0.15, 0.2) is 5.58 Å². The Labute approximate surface area is 239 Å². The first-order valence-electron chi connectivity index (χ1n) is 14.2. The molecule has 3 heterocycles. The Kier molecular flexibility index (Phi) is 5.13. The standard InChI is InChI=1S/C36H30BNO3/c1-35(2)36(3,4)41-37(40-35)25-18-19-31-28(22-25)26-13-8-9-15-30(26)38(31)32-16-10-14-27-29-21-24(23-11-6-5-7-12-23)17-20-33(29)39-34(27)32/h5-22H,1-4H3. The van der Waals surface area contributed by atoms with Crippen molar-refractivity contribution in [3.05, 3.63) is 109 Å². The molecule has 41 heavy (non-hydrogen) atoms. The average Bonchev–Trinajstić information content (AvgIpc) is 3.59. The van der Waals surface area contributed by atoms with Gasteiger partial charge in [-0.15, -0.1) is 0 Å². The van der Waals surface area contributed by atoms with E-state index in [-0.39, 0.29) is 0 Å². The lowest BCUT2D eigenvalue weighted by atomic mass is 9.78. The van der Waals surface area contributed by atoms with Crippen molar-refractivity contribution in [1.82, 2.24) is 4.57 Å². The first kappa shape index (κ1) is 24.5. The zero-order valence-corrected chi connectivity index (χ0v) is 23.6. The largest absolute Gasteiger partial charge is 0.494 e. The molecule has 0 amide bonds. The highest BCUT2D eigenvalue weighted by Gasteiger charge is 2.51. The molecule has 0 spiro atoms. The molecule has 5 heteroatoms. The average molecular weight is 535 g/mol. The fourth-order valence-corrected chi connectivity index (χ4v) is 6.15. The maximum Gasteiger partial charge on any atom is 0.494 e. The van der Waals surface area contributed by atoms with Crippen LogP contribution in [0.4, 0.5) is 0 Å². The van der Waals surface area contributed by atoms with E-state index in [1.165, 1.54) is 16.5 Å². The zero-order valence-electron chi connectivity index (χ0n) is 23.6. The maximum absolute atomic E-state index is 6.59. The summed E-state index contributed by atoms with van der Waals surface area (Å²) < 4.78 is 21.7. The summed E-state index contributed by atoms with van der Waals surface area (Å²) in [5.74, 6) is 0. The summed E-state index contributed by atoms with van der Waals surface area (Å²) in [5, 5.41) is 4.56. The van der Waals surface area contributed by atoms with Crippen molar-refractivity contribution < 1.29 is 13.7 Å². The molecule has 1 aliphatic rings. The molecule has 1 saturated heterocycles. The second-order valence-electron chi connectivity index (χ2n) is 12.1. The van der Waals surface area contributed by atoms with Crippen molar-refractivity contribution in [3.8, 4) is 16.8 Å². The van der Waals surface area contributed by atoms with Crippen LogP contribution in [0.15, 0.2) is 114 Å². The van der Waals surface area contributed by atoms with Gasteiger partial charge in [0.2, 0.25) is 0 Å². The third-order valence-corrected chi connectivity index (χ3v) is 9.05. The molecule has 0 bridgehead atoms. The molecule has 1 aliphatic heterocycles. The van der Waals surface area contributed by atoms with E-state index in [2.05, 4.69) is 135 Å². The molecule has 5 aromatic carbocycles. The summed E-state index contributed by atoms with van der Waals surface area (Å²) in [6.07, 6.45) is 0. The van der Waals surface area contributed by atoms with Gasteiger partial charge in [-0.3, -0.25) is 0 Å². The Morgan fingerprint density at radius 1 is 0.561 bits per heavy atom. The Morgan fingerprint density at radius 2 is 1.27 bits per heavy atom. The summed E-state index contributed by atoms with van der Waals surface area (Å²) in [4.78, 5) is 0. The summed E-state index contributed by atoms with van der Waals surface area (Å²) in [7, 11) is -0.413. The van der Waals surface area contributed by atoms with E-state index in [9.17, 15) is 0 Å². The van der Waals surface area contributed by atoms with E-state index in [0.29, 0.717) is 0 Å². The Morgan fingerprint density at radius 3 is 2.07 bits per heavy atom. The molecule has 200 valence electrons. The molecule has 0 atom stereocenters. The minimum Gasteiger partial charge on any atom is -0.454 e. The third kappa shape index (κ3) is 3.63. The van der Waals surface area contributed by atoms with E-state index < -0.39 is 18.3 Å². The molecule has 2 aromatic heterocycles. The van der Waals surface area contributed by atoms with Crippen LogP contribution in [-0.2, 0) is 9.31 Å². The second kappa shape index (κ2) is 8.59. The van der Waals surface area contributed by atoms with Crippen LogP contribution < -0.4 is 5.46 Å². The molecule has 1 fully saturated rings. The van der Waals surface area contributed by atoms with Gasteiger partial charge in [0.1, 0.15) is 5.58 Å². The normalized spacial score (nSPS) is 16.4. The van der Waals surface area contributed by atoms with Gasteiger partial charge in [0, 0.05) is 21.5 Å². The van der Waals surface area contributed by atoms with Crippen LogP contribution in [0.1, 0.15) is 27.7 Å². The van der Waals surface area contributed by atoms with Gasteiger partial charge in [0.05, 0.1) is 27.9 Å². The molecule has 0 saturated carbocycles. The number of para-hydroxylation sites is 2. The molecule has 0 unspecified atom stereocenters. The van der Waals surface area contributed by atoms with Gasteiger partial charge in [0.25, 0.3) is 0 Å². The van der Waals surface area contributed by atoms with Gasteiger partial charge in [-0.2, -0.15) is 0 Å². The third-order valence-electron chi connectivity index (χ3n) is 9.05. The smallest absolute Gasteiger partial charge is 0.454 e. The highest BCUT2D eigenvalue weighted by Crippen LogP contribution is 2.40. The predicted octanol–water partition coefficient (Wildman–Crippen LogP) is 8.65. The molecule has 8 rings (SSSR count). The summed E-state index contributed by atoms with van der Waals surface area (Å²) >= 11 is 0. The SMILES string of the molecule is CC1(C)OB(c2ccc3c(c2)c2ccccc2n3-c2cccc3c2oc2ccc(-c4ccccc4)cc23)OC1(C)C. The van der Waals surface area contributed by atoms with Crippen molar-refractivity contribution in [2.24, 2.45) is 0 Å². The number of rotatable bonds is 3. The van der Waals surface area contributed by atoms with Crippen molar-refractivity contribution in [3.63, 3.8) is 0 Å². The zero-order chi connectivity index (χ0) is 27.9. The van der Waals surface area contributed by atoms with Crippen molar-refractivity contribution in [1.29, 1.82) is 0 Å². The summed E-state index contributed by atoms with van der Waals surface area (Å²) in [6, 6.07) is 38.5. The highest BCUT2D eigenvalue weighted by molar-refractivity contribution is 6.62. The number of aromatic nitrogens is 1. The minimum atomic E-state index is -0.413. The molecule has 0 aliphatic carbocycles. The van der Waals surface area contributed by atoms with Crippen LogP contribution in [0, 0.1) is 0 Å². The van der Waals surface area contributed by atoms with Crippen LogP contribution >= 0.6 is 0 Å². The fourth-order valence-electron chi connectivity index (χ4n) is 6.15. The number of hydrogen-bond donors (Lipinski definition) is 0. The number of furan rings is 1. The van der Waals surface area contributed by atoms with Crippen molar-refractivity contribution >= 4 is 56.3 Å². The fraction of sp³-hybridized carbons (Fsp3) is 0.167. The topological polar surface area (TPSA) is 36.5 Å². The van der Waals surface area contributed by atoms with Crippen LogP contribution in [0.3, 0.4) is 0 Å². The lowest BCUT2D eigenvalue weighted by Crippen LogP contribution is -2.41. The molecule has 4 nitrogen and oxygen atoms in total. The predicted molar refractivity (Wildman–Crippen MR) is 169 cm³/mol. The van der Waals surface area contributed by atoms with Gasteiger partial charge in [-0.05, 0) is 74.6 Å². The van der Waals surface area contributed by atoms with Crippen LogP contribution in [0.5, 0.6) is 0 Å². The summed E-state index contributed by atoms with van der Waals surface area (Å²) in [6.45, 7) is 8.37. The molecule has 7 aromatic rings.